The van der Waals surface area contributed by atoms with Gasteiger partial charge in [0.1, 0.15) is 0 Å². The standard InChI is InChI=1S/C35H36N2O4/c1-26(21-22-27-13-5-3-6-14-27)37(24-23-33(38)39)35(41)32-20-12-10-18-30(32)29-17-9-11-19-31(29)34(40)36(2)25-28-15-7-4-8-16-28/h3-20,26H,21-25H2,1-2H3,(H,38,39). The van der Waals surface area contributed by atoms with Gasteiger partial charge in [-0.05, 0) is 54.2 Å². The van der Waals surface area contributed by atoms with Crippen molar-refractivity contribution in [2.45, 2.75) is 38.8 Å². The van der Waals surface area contributed by atoms with E-state index in [0.29, 0.717) is 35.2 Å². The molecule has 1 unspecified atom stereocenters. The van der Waals surface area contributed by atoms with E-state index < -0.39 is 5.97 Å². The Morgan fingerprint density at radius 3 is 1.73 bits per heavy atom. The molecule has 1 atom stereocenters. The van der Waals surface area contributed by atoms with Crippen molar-refractivity contribution in [3.63, 3.8) is 0 Å². The van der Waals surface area contributed by atoms with E-state index in [2.05, 4.69) is 0 Å². The van der Waals surface area contributed by atoms with Crippen LogP contribution in [0.15, 0.2) is 109 Å². The summed E-state index contributed by atoms with van der Waals surface area (Å²) in [6.07, 6.45) is 1.31. The van der Waals surface area contributed by atoms with Gasteiger partial charge in [-0.25, -0.2) is 0 Å². The van der Waals surface area contributed by atoms with Gasteiger partial charge >= 0.3 is 5.97 Å². The Labute approximate surface area is 241 Å². The predicted octanol–water partition coefficient (Wildman–Crippen LogP) is 6.56. The summed E-state index contributed by atoms with van der Waals surface area (Å²) in [5, 5.41) is 9.41. The van der Waals surface area contributed by atoms with Crippen molar-refractivity contribution in [1.82, 2.24) is 9.80 Å². The smallest absolute Gasteiger partial charge is 0.305 e. The van der Waals surface area contributed by atoms with Crippen LogP contribution in [-0.2, 0) is 17.8 Å². The molecule has 0 aliphatic heterocycles. The first-order valence-corrected chi connectivity index (χ1v) is 13.9. The van der Waals surface area contributed by atoms with Gasteiger partial charge in [0.25, 0.3) is 11.8 Å². The Morgan fingerprint density at radius 1 is 0.683 bits per heavy atom. The van der Waals surface area contributed by atoms with Crippen LogP contribution in [0.4, 0.5) is 0 Å². The third kappa shape index (κ3) is 7.70. The number of amides is 2. The molecule has 0 bridgehead atoms. The molecule has 41 heavy (non-hydrogen) atoms. The van der Waals surface area contributed by atoms with Gasteiger partial charge in [0.05, 0.1) is 6.42 Å². The van der Waals surface area contributed by atoms with Crippen LogP contribution in [0.2, 0.25) is 0 Å². The summed E-state index contributed by atoms with van der Waals surface area (Å²) in [6.45, 7) is 2.51. The number of rotatable bonds is 12. The van der Waals surface area contributed by atoms with E-state index in [1.54, 1.807) is 35.0 Å². The van der Waals surface area contributed by atoms with E-state index in [-0.39, 0.29) is 30.8 Å². The minimum absolute atomic E-state index is 0.0961. The number of carbonyl (C=O) groups excluding carboxylic acids is 2. The molecule has 6 heteroatoms. The molecule has 1 N–H and O–H groups in total. The summed E-state index contributed by atoms with van der Waals surface area (Å²) in [4.78, 5) is 42.5. The zero-order valence-corrected chi connectivity index (χ0v) is 23.6. The minimum Gasteiger partial charge on any atom is -0.481 e. The molecular formula is C35H36N2O4. The molecule has 4 rings (SSSR count). The van der Waals surface area contributed by atoms with Crippen molar-refractivity contribution in [3.8, 4) is 11.1 Å². The number of carboxylic acid groups (broad SMARTS) is 1. The van der Waals surface area contributed by atoms with Gasteiger partial charge in [0.15, 0.2) is 0 Å². The Bertz CT molecular complexity index is 1470. The number of carbonyl (C=O) groups is 3. The van der Waals surface area contributed by atoms with Gasteiger partial charge < -0.3 is 14.9 Å². The minimum atomic E-state index is -0.955. The van der Waals surface area contributed by atoms with E-state index in [0.717, 1.165) is 17.5 Å². The molecule has 6 nitrogen and oxygen atoms in total. The lowest BCUT2D eigenvalue weighted by atomic mass is 9.93. The number of benzene rings is 4. The lowest BCUT2D eigenvalue weighted by Gasteiger charge is -2.30. The van der Waals surface area contributed by atoms with E-state index in [9.17, 15) is 19.5 Å². The molecule has 4 aromatic carbocycles. The van der Waals surface area contributed by atoms with Crippen molar-refractivity contribution in [1.29, 1.82) is 0 Å². The summed E-state index contributed by atoms with van der Waals surface area (Å²) in [5.41, 5.74) is 4.44. The average Bonchev–Trinajstić information content (AvgIpc) is 3.00. The van der Waals surface area contributed by atoms with Crippen molar-refractivity contribution in [2.75, 3.05) is 13.6 Å². The summed E-state index contributed by atoms with van der Waals surface area (Å²) < 4.78 is 0. The molecule has 0 aliphatic carbocycles. The summed E-state index contributed by atoms with van der Waals surface area (Å²) in [7, 11) is 1.77. The Balaban J connectivity index is 1.63. The second-order valence-corrected chi connectivity index (χ2v) is 10.3. The van der Waals surface area contributed by atoms with Gasteiger partial charge in [0, 0.05) is 37.3 Å². The van der Waals surface area contributed by atoms with Crippen LogP contribution in [0.1, 0.15) is 51.6 Å². The van der Waals surface area contributed by atoms with Gasteiger partial charge in [-0.3, -0.25) is 14.4 Å². The molecule has 0 aromatic heterocycles. The maximum absolute atomic E-state index is 14.1. The molecule has 0 saturated carbocycles. The predicted molar refractivity (Wildman–Crippen MR) is 162 cm³/mol. The second-order valence-electron chi connectivity index (χ2n) is 10.3. The van der Waals surface area contributed by atoms with Gasteiger partial charge in [-0.1, -0.05) is 97.1 Å². The third-order valence-corrected chi connectivity index (χ3v) is 7.27. The summed E-state index contributed by atoms with van der Waals surface area (Å²) in [5.74, 6) is -1.35. The molecule has 210 valence electrons. The topological polar surface area (TPSA) is 77.9 Å². The fourth-order valence-corrected chi connectivity index (χ4v) is 5.01. The molecule has 0 heterocycles. The fraction of sp³-hybridized carbons (Fsp3) is 0.229. The SMILES string of the molecule is CC(CCc1ccccc1)N(CCC(=O)O)C(=O)c1ccccc1-c1ccccc1C(=O)N(C)Cc1ccccc1. The van der Waals surface area contributed by atoms with Crippen LogP contribution >= 0.6 is 0 Å². The molecule has 0 spiro atoms. The van der Waals surface area contributed by atoms with Gasteiger partial charge in [0.2, 0.25) is 0 Å². The Hall–Kier alpha value is -4.71. The maximum atomic E-state index is 14.1. The monoisotopic (exact) mass is 548 g/mol. The number of hydrogen-bond donors (Lipinski definition) is 1. The van der Waals surface area contributed by atoms with Crippen molar-refractivity contribution in [2.24, 2.45) is 0 Å². The highest BCUT2D eigenvalue weighted by molar-refractivity contribution is 6.06. The lowest BCUT2D eigenvalue weighted by Crippen LogP contribution is -2.40. The lowest BCUT2D eigenvalue weighted by molar-refractivity contribution is -0.137. The van der Waals surface area contributed by atoms with E-state index in [1.807, 2.05) is 97.9 Å². The number of hydrogen-bond acceptors (Lipinski definition) is 3. The summed E-state index contributed by atoms with van der Waals surface area (Å²) in [6, 6.07) is 34.2. The second kappa shape index (κ2) is 14.1. The molecular weight excluding hydrogens is 512 g/mol. The Morgan fingerprint density at radius 2 is 1.17 bits per heavy atom. The van der Waals surface area contributed by atoms with Crippen LogP contribution in [0.25, 0.3) is 11.1 Å². The Kier molecular flexibility index (Phi) is 10.1. The average molecular weight is 549 g/mol. The molecule has 0 saturated heterocycles. The first-order valence-electron chi connectivity index (χ1n) is 13.9. The highest BCUT2D eigenvalue weighted by Crippen LogP contribution is 2.30. The zero-order valence-electron chi connectivity index (χ0n) is 23.6. The number of nitrogens with zero attached hydrogens (tertiary/aromatic N) is 2. The molecule has 0 radical (unpaired) electrons. The first kappa shape index (κ1) is 29.3. The zero-order chi connectivity index (χ0) is 29.2. The van der Waals surface area contributed by atoms with Crippen LogP contribution in [0.3, 0.4) is 0 Å². The number of aryl methyl sites for hydroxylation is 1. The van der Waals surface area contributed by atoms with Gasteiger partial charge in [-0.15, -0.1) is 0 Å². The molecule has 2 amide bonds. The van der Waals surface area contributed by atoms with Crippen LogP contribution in [0, 0.1) is 0 Å². The number of aliphatic carboxylic acids is 1. The largest absolute Gasteiger partial charge is 0.481 e. The van der Waals surface area contributed by atoms with Crippen LogP contribution in [0.5, 0.6) is 0 Å². The normalized spacial score (nSPS) is 11.5. The quantitative estimate of drug-likeness (QED) is 0.217. The molecule has 4 aromatic rings. The maximum Gasteiger partial charge on any atom is 0.305 e. The van der Waals surface area contributed by atoms with E-state index in [4.69, 9.17) is 0 Å². The highest BCUT2D eigenvalue weighted by atomic mass is 16.4. The summed E-state index contributed by atoms with van der Waals surface area (Å²) >= 11 is 0. The van der Waals surface area contributed by atoms with Crippen LogP contribution < -0.4 is 0 Å². The van der Waals surface area contributed by atoms with E-state index in [1.165, 1.54) is 0 Å². The highest BCUT2D eigenvalue weighted by Gasteiger charge is 2.26. The fourth-order valence-electron chi connectivity index (χ4n) is 5.01. The van der Waals surface area contributed by atoms with Gasteiger partial charge in [-0.2, -0.15) is 0 Å². The van der Waals surface area contributed by atoms with Crippen LogP contribution in [-0.4, -0.2) is 52.3 Å². The first-order chi connectivity index (χ1) is 19.8. The van der Waals surface area contributed by atoms with Crippen molar-refractivity contribution in [3.05, 3.63) is 131 Å². The molecule has 0 fully saturated rings. The van der Waals surface area contributed by atoms with E-state index >= 15 is 0 Å². The van der Waals surface area contributed by atoms with Crippen molar-refractivity contribution >= 4 is 17.8 Å². The van der Waals surface area contributed by atoms with Crippen molar-refractivity contribution < 1.29 is 19.5 Å². The number of carboxylic acids is 1. The molecule has 0 aliphatic rings. The third-order valence-electron chi connectivity index (χ3n) is 7.27.